The lowest BCUT2D eigenvalue weighted by Gasteiger charge is -1.99. The van der Waals surface area contributed by atoms with Crippen molar-refractivity contribution >= 4 is 18.0 Å². The molecule has 15 heavy (non-hydrogen) atoms. The molecular weight excluding hydrogens is 205 g/mol. The third-order valence-electron chi connectivity index (χ3n) is 1.64. The molecule has 0 radical (unpaired) electrons. The molecule has 0 aliphatic heterocycles. The average Bonchev–Trinajstić information content (AvgIpc) is 2.16. The summed E-state index contributed by atoms with van der Waals surface area (Å²) in [5.41, 5.74) is -0.742. The molecule has 5 nitrogen and oxygen atoms in total. The number of aromatic hydroxyl groups is 1. The van der Waals surface area contributed by atoms with Gasteiger partial charge in [0.15, 0.2) is 5.75 Å². The van der Waals surface area contributed by atoms with Gasteiger partial charge in [-0.15, -0.1) is 0 Å². The molecule has 0 saturated heterocycles. The van der Waals surface area contributed by atoms with Gasteiger partial charge in [0.25, 0.3) is 0 Å². The second-order valence-corrected chi connectivity index (χ2v) is 2.61. The van der Waals surface area contributed by atoms with Crippen molar-refractivity contribution in [2.24, 2.45) is 0 Å². The fourth-order valence-corrected chi connectivity index (χ4v) is 0.984. The van der Waals surface area contributed by atoms with E-state index in [4.69, 9.17) is 5.11 Å². The van der Waals surface area contributed by atoms with Gasteiger partial charge < -0.3 is 5.11 Å². The largest absolute Gasteiger partial charge is 0.502 e. The van der Waals surface area contributed by atoms with E-state index in [1.165, 1.54) is 0 Å². The van der Waals surface area contributed by atoms with Crippen LogP contribution in [-0.4, -0.2) is 16.3 Å². The zero-order valence-corrected chi connectivity index (χ0v) is 7.38. The summed E-state index contributed by atoms with van der Waals surface area (Å²) in [4.78, 5) is 19.5. The molecule has 1 aromatic carbocycles. The number of hydrogen-bond donors (Lipinski definition) is 1. The van der Waals surface area contributed by atoms with Gasteiger partial charge in [-0.1, -0.05) is 0 Å². The first-order valence-electron chi connectivity index (χ1n) is 3.85. The Morgan fingerprint density at radius 1 is 1.47 bits per heavy atom. The lowest BCUT2D eigenvalue weighted by molar-refractivity contribution is -0.385. The zero-order valence-electron chi connectivity index (χ0n) is 7.38. The Bertz CT molecular complexity index is 442. The Morgan fingerprint density at radius 2 is 2.13 bits per heavy atom. The third-order valence-corrected chi connectivity index (χ3v) is 1.64. The van der Waals surface area contributed by atoms with Crippen molar-refractivity contribution in [3.05, 3.63) is 39.7 Å². The topological polar surface area (TPSA) is 80.4 Å². The summed E-state index contributed by atoms with van der Waals surface area (Å²) in [7, 11) is 0. The van der Waals surface area contributed by atoms with Gasteiger partial charge in [-0.3, -0.25) is 14.9 Å². The summed E-state index contributed by atoms with van der Waals surface area (Å²) < 4.78 is 13.1. The van der Waals surface area contributed by atoms with Gasteiger partial charge in [0.1, 0.15) is 12.1 Å². The molecule has 1 aromatic rings. The molecule has 0 saturated carbocycles. The highest BCUT2D eigenvalue weighted by atomic mass is 19.1. The number of nitro benzene ring substituents is 1. The predicted octanol–water partition coefficient (Wildman–Crippen LogP) is 1.65. The van der Waals surface area contributed by atoms with Gasteiger partial charge in [-0.05, 0) is 12.2 Å². The molecule has 0 aliphatic carbocycles. The van der Waals surface area contributed by atoms with Crippen LogP contribution < -0.4 is 0 Å². The molecule has 0 aliphatic rings. The first kappa shape index (κ1) is 10.8. The summed E-state index contributed by atoms with van der Waals surface area (Å²) in [6, 6.07) is 1.48. The fourth-order valence-electron chi connectivity index (χ4n) is 0.984. The van der Waals surface area contributed by atoms with Gasteiger partial charge >= 0.3 is 5.69 Å². The number of nitrogens with zero attached hydrogens (tertiary/aromatic N) is 1. The molecule has 0 fully saturated rings. The normalized spacial score (nSPS) is 10.5. The van der Waals surface area contributed by atoms with Crippen LogP contribution in [0.25, 0.3) is 6.08 Å². The quantitative estimate of drug-likeness (QED) is 0.356. The van der Waals surface area contributed by atoms with Gasteiger partial charge in [0, 0.05) is 17.7 Å². The van der Waals surface area contributed by atoms with E-state index < -0.39 is 22.2 Å². The number of phenols is 1. The highest BCUT2D eigenvalue weighted by molar-refractivity contribution is 5.74. The van der Waals surface area contributed by atoms with E-state index in [1.807, 2.05) is 0 Å². The van der Waals surface area contributed by atoms with Crippen molar-refractivity contribution in [2.75, 3.05) is 0 Å². The molecule has 0 spiro atoms. The second kappa shape index (κ2) is 4.32. The molecule has 0 unspecified atom stereocenters. The number of nitro groups is 1. The van der Waals surface area contributed by atoms with Gasteiger partial charge in [0.2, 0.25) is 0 Å². The molecule has 6 heteroatoms. The van der Waals surface area contributed by atoms with Crippen LogP contribution in [0.5, 0.6) is 5.75 Å². The number of allylic oxidation sites excluding steroid dienone is 1. The summed E-state index contributed by atoms with van der Waals surface area (Å²) >= 11 is 0. The number of aldehydes is 1. The van der Waals surface area contributed by atoms with E-state index in [9.17, 15) is 19.3 Å². The Hall–Kier alpha value is -2.24. The lowest BCUT2D eigenvalue weighted by atomic mass is 10.1. The predicted molar refractivity (Wildman–Crippen MR) is 49.8 cm³/mol. The Kier molecular flexibility index (Phi) is 3.12. The van der Waals surface area contributed by atoms with E-state index in [0.717, 1.165) is 18.2 Å². The maximum atomic E-state index is 13.1. The number of phenolic OH excluding ortho intramolecular Hbond substituents is 1. The summed E-state index contributed by atoms with van der Waals surface area (Å²) in [5.74, 6) is -1.59. The highest BCUT2D eigenvalue weighted by Crippen LogP contribution is 2.28. The molecule has 1 N–H and O–H groups in total. The lowest BCUT2D eigenvalue weighted by Crippen LogP contribution is -1.92. The Morgan fingerprint density at radius 3 is 2.67 bits per heavy atom. The second-order valence-electron chi connectivity index (χ2n) is 2.61. The molecular formula is C9H6FNO4. The van der Waals surface area contributed by atoms with Crippen molar-refractivity contribution in [1.82, 2.24) is 0 Å². The van der Waals surface area contributed by atoms with E-state index in [2.05, 4.69) is 0 Å². The number of hydrogen-bond acceptors (Lipinski definition) is 4. The maximum absolute atomic E-state index is 13.1. The minimum atomic E-state index is -0.840. The summed E-state index contributed by atoms with van der Waals surface area (Å²) in [5, 5.41) is 19.4. The monoisotopic (exact) mass is 211 g/mol. The van der Waals surface area contributed by atoms with Crippen molar-refractivity contribution in [2.45, 2.75) is 0 Å². The van der Waals surface area contributed by atoms with Crippen LogP contribution in [0.15, 0.2) is 18.2 Å². The van der Waals surface area contributed by atoms with Crippen LogP contribution in [0, 0.1) is 15.9 Å². The molecule has 0 heterocycles. The first-order chi connectivity index (χ1) is 7.06. The van der Waals surface area contributed by atoms with Gasteiger partial charge in [-0.2, -0.15) is 0 Å². The Balaban J connectivity index is 3.29. The number of halogens is 1. The van der Waals surface area contributed by atoms with Gasteiger partial charge in [-0.25, -0.2) is 4.39 Å². The third kappa shape index (κ3) is 2.37. The van der Waals surface area contributed by atoms with Crippen LogP contribution in [0.2, 0.25) is 0 Å². The van der Waals surface area contributed by atoms with Crippen molar-refractivity contribution in [3.63, 3.8) is 0 Å². The minimum absolute atomic E-state index is 0.133. The maximum Gasteiger partial charge on any atom is 0.311 e. The highest BCUT2D eigenvalue weighted by Gasteiger charge is 2.16. The van der Waals surface area contributed by atoms with E-state index >= 15 is 0 Å². The van der Waals surface area contributed by atoms with Crippen LogP contribution in [-0.2, 0) is 4.79 Å². The molecule has 0 atom stereocenters. The molecule has 0 amide bonds. The first-order valence-corrected chi connectivity index (χ1v) is 3.85. The standard InChI is InChI=1S/C9H6FNO4/c10-7-5-9(13)8(11(14)15)4-6(7)2-1-3-12/h1-5,13H. The molecule has 0 aromatic heterocycles. The number of rotatable bonds is 3. The van der Waals surface area contributed by atoms with Crippen molar-refractivity contribution in [3.8, 4) is 5.75 Å². The van der Waals surface area contributed by atoms with Crippen LogP contribution >= 0.6 is 0 Å². The minimum Gasteiger partial charge on any atom is -0.502 e. The van der Waals surface area contributed by atoms with Crippen molar-refractivity contribution < 1.29 is 19.2 Å². The van der Waals surface area contributed by atoms with E-state index in [0.29, 0.717) is 12.4 Å². The van der Waals surface area contributed by atoms with Crippen LogP contribution in [0.3, 0.4) is 0 Å². The molecule has 78 valence electrons. The van der Waals surface area contributed by atoms with Crippen molar-refractivity contribution in [1.29, 1.82) is 0 Å². The summed E-state index contributed by atoms with van der Waals surface area (Å²) in [6.07, 6.45) is 2.49. The SMILES string of the molecule is O=CC=Cc1cc([N+](=O)[O-])c(O)cc1F. The van der Waals surface area contributed by atoms with E-state index in [-0.39, 0.29) is 5.56 Å². The number of benzene rings is 1. The zero-order chi connectivity index (χ0) is 11.4. The van der Waals surface area contributed by atoms with Crippen LogP contribution in [0.1, 0.15) is 5.56 Å². The molecule has 0 bridgehead atoms. The van der Waals surface area contributed by atoms with Gasteiger partial charge in [0.05, 0.1) is 4.92 Å². The van der Waals surface area contributed by atoms with Crippen LogP contribution in [0.4, 0.5) is 10.1 Å². The fraction of sp³-hybridized carbons (Fsp3) is 0. The average molecular weight is 211 g/mol. The molecule has 1 rings (SSSR count). The number of carbonyl (C=O) groups excluding carboxylic acids is 1. The van der Waals surface area contributed by atoms with E-state index in [1.54, 1.807) is 0 Å². The summed E-state index contributed by atoms with van der Waals surface area (Å²) in [6.45, 7) is 0. The Labute approximate surface area is 83.6 Å². The smallest absolute Gasteiger partial charge is 0.311 e. The number of carbonyl (C=O) groups is 1.